The van der Waals surface area contributed by atoms with E-state index in [2.05, 4.69) is 4.98 Å². The maximum Gasteiger partial charge on any atom is 0.198 e. The lowest BCUT2D eigenvalue weighted by atomic mass is 10.2. The molecule has 0 saturated carbocycles. The number of fused-ring (bicyclic) bond motifs is 1. The molecule has 0 aliphatic rings. The lowest BCUT2D eigenvalue weighted by Crippen LogP contribution is -1.85. The van der Waals surface area contributed by atoms with Crippen molar-refractivity contribution in [1.82, 2.24) is 4.98 Å². The van der Waals surface area contributed by atoms with Crippen molar-refractivity contribution in [2.45, 2.75) is 19.8 Å². The fourth-order valence-corrected chi connectivity index (χ4v) is 1.21. The van der Waals surface area contributed by atoms with Gasteiger partial charge in [-0.3, -0.25) is 0 Å². The molecule has 14 heavy (non-hydrogen) atoms. The minimum Gasteiger partial charge on any atom is -0.437 e. The second-order valence-corrected chi connectivity index (χ2v) is 3.41. The Bertz CT molecular complexity index is 437. The smallest absolute Gasteiger partial charge is 0.198 e. The molecular weight excluding hydrogens is 188 g/mol. The van der Waals surface area contributed by atoms with E-state index in [-0.39, 0.29) is 17.0 Å². The van der Waals surface area contributed by atoms with E-state index in [9.17, 15) is 8.78 Å². The third-order valence-corrected chi connectivity index (χ3v) is 1.96. The maximum atomic E-state index is 13.2. The normalized spacial score (nSPS) is 11.5. The molecule has 2 aromatic rings. The molecule has 2 nitrogen and oxygen atoms in total. The highest BCUT2D eigenvalue weighted by Crippen LogP contribution is 2.25. The molecule has 74 valence electrons. The highest BCUT2D eigenvalue weighted by atomic mass is 19.1. The van der Waals surface area contributed by atoms with E-state index < -0.39 is 11.6 Å². The number of oxazole rings is 1. The van der Waals surface area contributed by atoms with Gasteiger partial charge in [0.2, 0.25) is 0 Å². The summed E-state index contributed by atoms with van der Waals surface area (Å²) in [6.07, 6.45) is 0. The number of benzene rings is 1. The third kappa shape index (κ3) is 1.27. The number of aromatic nitrogens is 1. The van der Waals surface area contributed by atoms with Crippen LogP contribution in [0.1, 0.15) is 25.7 Å². The highest BCUT2D eigenvalue weighted by molar-refractivity contribution is 5.73. The van der Waals surface area contributed by atoms with Crippen molar-refractivity contribution in [1.29, 1.82) is 0 Å². The predicted molar refractivity (Wildman–Crippen MR) is 48.0 cm³/mol. The first-order valence-electron chi connectivity index (χ1n) is 4.34. The molecule has 1 aromatic heterocycles. The molecular formula is C10H9F2NO. The maximum absolute atomic E-state index is 13.2. The Hall–Kier alpha value is -1.45. The molecule has 1 aromatic carbocycles. The molecule has 0 radical (unpaired) electrons. The summed E-state index contributed by atoms with van der Waals surface area (Å²) in [4.78, 5) is 3.89. The van der Waals surface area contributed by atoms with Crippen molar-refractivity contribution in [3.8, 4) is 0 Å². The zero-order valence-corrected chi connectivity index (χ0v) is 7.84. The van der Waals surface area contributed by atoms with Crippen LogP contribution in [0.15, 0.2) is 16.5 Å². The lowest BCUT2D eigenvalue weighted by molar-refractivity contribution is 0.483. The summed E-state index contributed by atoms with van der Waals surface area (Å²) in [5.74, 6) is -0.775. The van der Waals surface area contributed by atoms with E-state index in [1.54, 1.807) is 0 Å². The van der Waals surface area contributed by atoms with Gasteiger partial charge in [-0.25, -0.2) is 13.8 Å². The van der Waals surface area contributed by atoms with E-state index in [4.69, 9.17) is 4.42 Å². The molecule has 2 rings (SSSR count). The molecule has 0 saturated heterocycles. The summed E-state index contributed by atoms with van der Waals surface area (Å²) in [6.45, 7) is 3.70. The number of hydrogen-bond acceptors (Lipinski definition) is 2. The average molecular weight is 197 g/mol. The monoisotopic (exact) mass is 197 g/mol. The van der Waals surface area contributed by atoms with Gasteiger partial charge >= 0.3 is 0 Å². The molecule has 0 unspecified atom stereocenters. The largest absolute Gasteiger partial charge is 0.437 e. The van der Waals surface area contributed by atoms with Gasteiger partial charge in [0, 0.05) is 5.92 Å². The molecule has 0 aliphatic carbocycles. The minimum absolute atomic E-state index is 0.0150. The molecule has 0 N–H and O–H groups in total. The van der Waals surface area contributed by atoms with Gasteiger partial charge in [0.15, 0.2) is 23.1 Å². The summed E-state index contributed by atoms with van der Waals surface area (Å²) in [6, 6.07) is 2.08. The van der Waals surface area contributed by atoms with E-state index in [0.717, 1.165) is 12.1 Å². The quantitative estimate of drug-likeness (QED) is 0.701. The molecule has 1 heterocycles. The van der Waals surface area contributed by atoms with Crippen LogP contribution in [0, 0.1) is 11.6 Å². The molecule has 0 bridgehead atoms. The van der Waals surface area contributed by atoms with Gasteiger partial charge < -0.3 is 4.42 Å². The van der Waals surface area contributed by atoms with Gasteiger partial charge in [-0.05, 0) is 12.1 Å². The Balaban J connectivity index is 2.75. The summed E-state index contributed by atoms with van der Waals surface area (Å²) in [7, 11) is 0. The first-order valence-corrected chi connectivity index (χ1v) is 4.34. The molecule has 0 atom stereocenters. The number of rotatable bonds is 1. The van der Waals surface area contributed by atoms with Gasteiger partial charge in [-0.2, -0.15) is 0 Å². The van der Waals surface area contributed by atoms with Crippen LogP contribution in [-0.2, 0) is 0 Å². The Morgan fingerprint density at radius 1 is 1.21 bits per heavy atom. The number of halogens is 2. The molecule has 0 amide bonds. The molecule has 0 aliphatic heterocycles. The second-order valence-electron chi connectivity index (χ2n) is 3.41. The van der Waals surface area contributed by atoms with Crippen LogP contribution >= 0.6 is 0 Å². The summed E-state index contributed by atoms with van der Waals surface area (Å²) < 4.78 is 31.4. The molecule has 4 heteroatoms. The topological polar surface area (TPSA) is 26.0 Å². The first kappa shape index (κ1) is 9.12. The van der Waals surface area contributed by atoms with Crippen molar-refractivity contribution in [2.24, 2.45) is 0 Å². The SMILES string of the molecule is CC(C)c1nc2c(F)ccc(F)c2o1. The number of nitrogens with zero attached hydrogens (tertiary/aromatic N) is 1. The van der Waals surface area contributed by atoms with Gasteiger partial charge in [-0.15, -0.1) is 0 Å². The first-order chi connectivity index (χ1) is 6.59. The van der Waals surface area contributed by atoms with Crippen molar-refractivity contribution in [2.75, 3.05) is 0 Å². The Morgan fingerprint density at radius 2 is 1.86 bits per heavy atom. The van der Waals surface area contributed by atoms with Gasteiger partial charge in [0.05, 0.1) is 0 Å². The average Bonchev–Trinajstić information content (AvgIpc) is 2.57. The van der Waals surface area contributed by atoms with Crippen molar-refractivity contribution < 1.29 is 13.2 Å². The van der Waals surface area contributed by atoms with Crippen LogP contribution in [-0.4, -0.2) is 4.98 Å². The van der Waals surface area contributed by atoms with Crippen LogP contribution in [0.25, 0.3) is 11.1 Å². The van der Waals surface area contributed by atoms with Crippen molar-refractivity contribution in [3.63, 3.8) is 0 Å². The Kier molecular flexibility index (Phi) is 1.98. The van der Waals surface area contributed by atoms with Crippen molar-refractivity contribution >= 4 is 11.1 Å². The Morgan fingerprint density at radius 3 is 2.43 bits per heavy atom. The van der Waals surface area contributed by atoms with E-state index >= 15 is 0 Å². The molecule has 0 spiro atoms. The van der Waals surface area contributed by atoms with E-state index in [1.165, 1.54) is 0 Å². The van der Waals surface area contributed by atoms with Gasteiger partial charge in [0.1, 0.15) is 5.52 Å². The van der Waals surface area contributed by atoms with Crippen LogP contribution in [0.2, 0.25) is 0 Å². The summed E-state index contributed by atoms with van der Waals surface area (Å²) in [5.41, 5.74) is -0.137. The fourth-order valence-electron chi connectivity index (χ4n) is 1.21. The zero-order valence-electron chi connectivity index (χ0n) is 7.84. The van der Waals surface area contributed by atoms with Gasteiger partial charge in [-0.1, -0.05) is 13.8 Å². The predicted octanol–water partition coefficient (Wildman–Crippen LogP) is 3.23. The standard InChI is InChI=1S/C10H9F2NO/c1-5(2)10-13-8-6(11)3-4-7(12)9(8)14-10/h3-5H,1-2H3. The zero-order chi connectivity index (χ0) is 10.3. The van der Waals surface area contributed by atoms with Crippen LogP contribution in [0.4, 0.5) is 8.78 Å². The fraction of sp³-hybridized carbons (Fsp3) is 0.300. The minimum atomic E-state index is -0.583. The van der Waals surface area contributed by atoms with Gasteiger partial charge in [0.25, 0.3) is 0 Å². The third-order valence-electron chi connectivity index (χ3n) is 1.96. The Labute approximate surface area is 79.6 Å². The van der Waals surface area contributed by atoms with Crippen LogP contribution < -0.4 is 0 Å². The summed E-state index contributed by atoms with van der Waals surface area (Å²) >= 11 is 0. The van der Waals surface area contributed by atoms with E-state index in [1.807, 2.05) is 13.8 Å². The second kappa shape index (κ2) is 3.04. The highest BCUT2D eigenvalue weighted by Gasteiger charge is 2.15. The van der Waals surface area contributed by atoms with Crippen LogP contribution in [0.5, 0.6) is 0 Å². The van der Waals surface area contributed by atoms with Crippen LogP contribution in [0.3, 0.4) is 0 Å². The van der Waals surface area contributed by atoms with Crippen molar-refractivity contribution in [3.05, 3.63) is 29.7 Å². The molecule has 0 fully saturated rings. The van der Waals surface area contributed by atoms with E-state index in [0.29, 0.717) is 5.89 Å². The lowest BCUT2D eigenvalue weighted by Gasteiger charge is -1.93. The number of hydrogen-bond donors (Lipinski definition) is 0. The summed E-state index contributed by atoms with van der Waals surface area (Å²) in [5, 5.41) is 0.